The highest BCUT2D eigenvalue weighted by Crippen LogP contribution is 2.36. The zero-order valence-electron chi connectivity index (χ0n) is 21.2. The van der Waals surface area contributed by atoms with Crippen LogP contribution in [0.1, 0.15) is 52.7 Å². The fourth-order valence-corrected chi connectivity index (χ4v) is 4.69. The lowest BCUT2D eigenvalue weighted by Crippen LogP contribution is -2.16. The van der Waals surface area contributed by atoms with Crippen molar-refractivity contribution in [1.29, 1.82) is 0 Å². The highest BCUT2D eigenvalue weighted by molar-refractivity contribution is 7.19. The van der Waals surface area contributed by atoms with Crippen LogP contribution in [-0.4, -0.2) is 37.1 Å². The van der Waals surface area contributed by atoms with Crippen LogP contribution in [0.3, 0.4) is 0 Å². The molecule has 3 heterocycles. The van der Waals surface area contributed by atoms with E-state index in [1.807, 2.05) is 30.3 Å². The Morgan fingerprint density at radius 3 is 2.09 bits per heavy atom. The smallest absolute Gasteiger partial charge is 0.235 e. The molecular weight excluding hydrogens is 456 g/mol. The van der Waals surface area contributed by atoms with Gasteiger partial charge in [-0.3, -0.25) is 5.10 Å². The second kappa shape index (κ2) is 8.30. The van der Waals surface area contributed by atoms with Crippen molar-refractivity contribution in [3.63, 3.8) is 0 Å². The van der Waals surface area contributed by atoms with Crippen molar-refractivity contribution >= 4 is 16.3 Å². The fraction of sp³-hybridized carbons (Fsp3) is 0.333. The molecule has 5 aromatic rings. The van der Waals surface area contributed by atoms with Gasteiger partial charge in [0.25, 0.3) is 0 Å². The molecule has 0 aliphatic heterocycles. The minimum Gasteiger partial charge on any atom is -0.497 e. The Morgan fingerprint density at radius 2 is 1.49 bits per heavy atom. The predicted octanol–water partition coefficient (Wildman–Crippen LogP) is 6.51. The maximum absolute atomic E-state index is 5.25. The zero-order valence-corrected chi connectivity index (χ0v) is 22.0. The first-order chi connectivity index (χ1) is 16.5. The van der Waals surface area contributed by atoms with E-state index >= 15 is 0 Å². The van der Waals surface area contributed by atoms with E-state index in [0.717, 1.165) is 38.2 Å². The average molecular weight is 487 g/mol. The molecule has 0 aliphatic carbocycles. The number of aromatic nitrogens is 6. The van der Waals surface area contributed by atoms with Gasteiger partial charge in [-0.05, 0) is 64.4 Å². The monoisotopic (exact) mass is 486 g/mol. The van der Waals surface area contributed by atoms with Gasteiger partial charge in [0.15, 0.2) is 0 Å². The van der Waals surface area contributed by atoms with Gasteiger partial charge < -0.3 is 4.74 Å². The first kappa shape index (κ1) is 23.2. The van der Waals surface area contributed by atoms with Crippen LogP contribution in [0.2, 0.25) is 0 Å². The van der Waals surface area contributed by atoms with Crippen molar-refractivity contribution in [2.45, 2.75) is 52.4 Å². The molecule has 0 saturated heterocycles. The Balaban J connectivity index is 1.54. The Hall–Kier alpha value is -3.52. The summed E-state index contributed by atoms with van der Waals surface area (Å²) in [5.74, 6) is 1.45. The van der Waals surface area contributed by atoms with Gasteiger partial charge in [0, 0.05) is 11.1 Å². The Bertz CT molecular complexity index is 1460. The number of nitrogens with one attached hydrogen (secondary N) is 1. The SMILES string of the molecule is COc1ccc(-c2cc(-c3nnc4sc(-c5cc(C(C)(C)C)cc(C(C)(C)C)c5)nn34)[nH]n2)cc1. The number of fused-ring (bicyclic) bond motifs is 1. The maximum atomic E-state index is 5.25. The van der Waals surface area contributed by atoms with Crippen LogP contribution < -0.4 is 4.74 Å². The number of benzene rings is 2. The van der Waals surface area contributed by atoms with E-state index in [2.05, 4.69) is 80.1 Å². The van der Waals surface area contributed by atoms with Gasteiger partial charge in [0.05, 0.1) is 12.8 Å². The summed E-state index contributed by atoms with van der Waals surface area (Å²) in [6.45, 7) is 13.5. The molecule has 0 amide bonds. The molecule has 0 fully saturated rings. The first-order valence-corrected chi connectivity index (χ1v) is 12.4. The van der Waals surface area contributed by atoms with E-state index in [4.69, 9.17) is 9.84 Å². The number of ether oxygens (including phenoxy) is 1. The molecule has 0 atom stereocenters. The number of nitrogens with zero attached hydrogens (tertiary/aromatic N) is 5. The second-order valence-electron chi connectivity index (χ2n) is 10.8. The summed E-state index contributed by atoms with van der Waals surface area (Å²) in [5.41, 5.74) is 6.34. The van der Waals surface area contributed by atoms with Crippen molar-refractivity contribution in [1.82, 2.24) is 30.0 Å². The van der Waals surface area contributed by atoms with E-state index < -0.39 is 0 Å². The van der Waals surface area contributed by atoms with Crippen molar-refractivity contribution in [2.24, 2.45) is 0 Å². The zero-order chi connectivity index (χ0) is 25.0. The minimum absolute atomic E-state index is 0.0356. The van der Waals surface area contributed by atoms with E-state index in [1.54, 1.807) is 23.0 Å². The largest absolute Gasteiger partial charge is 0.497 e. The van der Waals surface area contributed by atoms with Gasteiger partial charge >= 0.3 is 0 Å². The predicted molar refractivity (Wildman–Crippen MR) is 141 cm³/mol. The third-order valence-corrected chi connectivity index (χ3v) is 7.06. The van der Waals surface area contributed by atoms with Gasteiger partial charge in [-0.25, -0.2) is 0 Å². The molecule has 0 radical (unpaired) electrons. The van der Waals surface area contributed by atoms with Crippen LogP contribution in [0.15, 0.2) is 48.5 Å². The number of hydrogen-bond donors (Lipinski definition) is 1. The number of aromatic amines is 1. The number of hydrogen-bond acceptors (Lipinski definition) is 6. The third-order valence-electron chi connectivity index (χ3n) is 6.11. The van der Waals surface area contributed by atoms with Gasteiger partial charge in [-0.15, -0.1) is 10.2 Å². The van der Waals surface area contributed by atoms with Crippen molar-refractivity contribution in [2.75, 3.05) is 7.11 Å². The van der Waals surface area contributed by atoms with Crippen LogP contribution in [0, 0.1) is 0 Å². The second-order valence-corrected chi connectivity index (χ2v) is 11.8. The van der Waals surface area contributed by atoms with Gasteiger partial charge in [-0.2, -0.15) is 14.7 Å². The molecule has 0 aliphatic rings. The highest BCUT2D eigenvalue weighted by atomic mass is 32.1. The lowest BCUT2D eigenvalue weighted by atomic mass is 9.79. The number of rotatable bonds is 4. The summed E-state index contributed by atoms with van der Waals surface area (Å²) in [7, 11) is 1.66. The molecule has 180 valence electrons. The molecule has 0 bridgehead atoms. The lowest BCUT2D eigenvalue weighted by Gasteiger charge is -2.25. The Kier molecular flexibility index (Phi) is 5.51. The molecule has 0 saturated carbocycles. The minimum atomic E-state index is 0.0356. The van der Waals surface area contributed by atoms with Gasteiger partial charge in [0.2, 0.25) is 10.8 Å². The molecule has 2 aromatic carbocycles. The van der Waals surface area contributed by atoms with Gasteiger partial charge in [0.1, 0.15) is 16.5 Å². The van der Waals surface area contributed by atoms with Crippen molar-refractivity contribution in [3.05, 3.63) is 59.7 Å². The number of methoxy groups -OCH3 is 1. The van der Waals surface area contributed by atoms with Crippen LogP contribution in [-0.2, 0) is 10.8 Å². The molecule has 3 aromatic heterocycles. The molecule has 5 rings (SSSR count). The summed E-state index contributed by atoms with van der Waals surface area (Å²) < 4.78 is 7.05. The van der Waals surface area contributed by atoms with E-state index in [9.17, 15) is 0 Å². The van der Waals surface area contributed by atoms with E-state index in [-0.39, 0.29) is 10.8 Å². The molecule has 0 unspecified atom stereocenters. The average Bonchev–Trinajstić information content (AvgIpc) is 3.53. The summed E-state index contributed by atoms with van der Waals surface area (Å²) in [4.78, 5) is 0.745. The topological polar surface area (TPSA) is 81.0 Å². The molecule has 0 spiro atoms. The first-order valence-electron chi connectivity index (χ1n) is 11.6. The van der Waals surface area contributed by atoms with Crippen molar-refractivity contribution in [3.8, 4) is 39.1 Å². The molecule has 8 heteroatoms. The normalized spacial score (nSPS) is 12.4. The molecule has 1 N–H and O–H groups in total. The van der Waals surface area contributed by atoms with E-state index in [0.29, 0.717) is 5.82 Å². The standard InChI is InChI=1S/C27H30N6OS/c1-26(2,3)18-12-17(13-19(14-18)27(4,5)6)24-32-33-23(30-31-25(33)35-24)22-15-21(28-29-22)16-8-10-20(34-7)11-9-16/h8-15H,1-7H3,(H,28,29). The molecule has 35 heavy (non-hydrogen) atoms. The summed E-state index contributed by atoms with van der Waals surface area (Å²) >= 11 is 1.54. The highest BCUT2D eigenvalue weighted by Gasteiger charge is 2.23. The van der Waals surface area contributed by atoms with Crippen LogP contribution in [0.4, 0.5) is 0 Å². The molecular formula is C27H30N6OS. The molecule has 7 nitrogen and oxygen atoms in total. The van der Waals surface area contributed by atoms with Crippen LogP contribution in [0.5, 0.6) is 5.75 Å². The Morgan fingerprint density at radius 1 is 0.829 bits per heavy atom. The lowest BCUT2D eigenvalue weighted by molar-refractivity contribution is 0.415. The quantitative estimate of drug-likeness (QED) is 0.313. The maximum Gasteiger partial charge on any atom is 0.235 e. The summed E-state index contributed by atoms with van der Waals surface area (Å²) in [6, 6.07) is 16.6. The van der Waals surface area contributed by atoms with Crippen molar-refractivity contribution < 1.29 is 4.74 Å². The van der Waals surface area contributed by atoms with Crippen LogP contribution in [0.25, 0.3) is 38.3 Å². The Labute approximate surface area is 209 Å². The summed E-state index contributed by atoms with van der Waals surface area (Å²) in [6.07, 6.45) is 0. The van der Waals surface area contributed by atoms with E-state index in [1.165, 1.54) is 11.1 Å². The fourth-order valence-electron chi connectivity index (χ4n) is 3.86. The number of H-pyrrole nitrogens is 1. The van der Waals surface area contributed by atoms with Gasteiger partial charge in [-0.1, -0.05) is 58.9 Å². The van der Waals surface area contributed by atoms with Crippen LogP contribution >= 0.6 is 11.3 Å². The third kappa shape index (κ3) is 4.46. The summed E-state index contributed by atoms with van der Waals surface area (Å²) in [5, 5.41) is 22.2.